The summed E-state index contributed by atoms with van der Waals surface area (Å²) in [5, 5.41) is 2.70. The third-order valence-corrected chi connectivity index (χ3v) is 4.75. The van der Waals surface area contributed by atoms with Crippen molar-refractivity contribution in [1.29, 1.82) is 0 Å². The Morgan fingerprint density at radius 1 is 1.00 bits per heavy atom. The fourth-order valence-electron chi connectivity index (χ4n) is 3.21. The Kier molecular flexibility index (Phi) is 7.58. The fourth-order valence-corrected chi connectivity index (χ4v) is 3.21. The van der Waals surface area contributed by atoms with Gasteiger partial charge in [0, 0.05) is 38.3 Å². The maximum atomic E-state index is 13.2. The SMILES string of the molecule is O=C(CN1CCN(C(=O)CCCOc2ccccc2)CC1)Nc1cccc(F)c1. The van der Waals surface area contributed by atoms with E-state index >= 15 is 0 Å². The van der Waals surface area contributed by atoms with Crippen molar-refractivity contribution in [3.05, 3.63) is 60.4 Å². The molecule has 1 heterocycles. The second kappa shape index (κ2) is 10.6. The van der Waals surface area contributed by atoms with E-state index in [-0.39, 0.29) is 24.2 Å². The molecule has 2 aromatic carbocycles. The molecule has 1 N–H and O–H groups in total. The van der Waals surface area contributed by atoms with Crippen molar-refractivity contribution >= 4 is 17.5 Å². The first-order valence-corrected chi connectivity index (χ1v) is 9.83. The molecule has 2 amide bonds. The summed E-state index contributed by atoms with van der Waals surface area (Å²) >= 11 is 0. The van der Waals surface area contributed by atoms with Crippen LogP contribution in [0.2, 0.25) is 0 Å². The lowest BCUT2D eigenvalue weighted by Crippen LogP contribution is -2.50. The lowest BCUT2D eigenvalue weighted by Gasteiger charge is -2.34. The summed E-state index contributed by atoms with van der Waals surface area (Å²) in [6.45, 7) is 3.22. The molecule has 1 fully saturated rings. The molecule has 0 unspecified atom stereocenters. The van der Waals surface area contributed by atoms with Gasteiger partial charge in [0.05, 0.1) is 13.2 Å². The zero-order chi connectivity index (χ0) is 20.5. The van der Waals surface area contributed by atoms with Crippen LogP contribution in [0.25, 0.3) is 0 Å². The molecule has 1 saturated heterocycles. The Morgan fingerprint density at radius 2 is 1.76 bits per heavy atom. The van der Waals surface area contributed by atoms with Crippen LogP contribution < -0.4 is 10.1 Å². The highest BCUT2D eigenvalue weighted by molar-refractivity contribution is 5.92. The van der Waals surface area contributed by atoms with E-state index in [0.717, 1.165) is 5.75 Å². The van der Waals surface area contributed by atoms with Crippen LogP contribution in [0.15, 0.2) is 54.6 Å². The molecule has 0 spiro atoms. The first-order valence-electron chi connectivity index (χ1n) is 9.83. The van der Waals surface area contributed by atoms with Crippen LogP contribution in [-0.2, 0) is 9.59 Å². The van der Waals surface area contributed by atoms with E-state index in [1.807, 2.05) is 40.1 Å². The number of amides is 2. The van der Waals surface area contributed by atoms with Gasteiger partial charge in [-0.15, -0.1) is 0 Å². The number of carbonyl (C=O) groups is 2. The highest BCUT2D eigenvalue weighted by atomic mass is 19.1. The molecule has 0 aliphatic carbocycles. The summed E-state index contributed by atoms with van der Waals surface area (Å²) in [5.41, 5.74) is 0.446. The third kappa shape index (κ3) is 6.87. The first kappa shape index (κ1) is 20.8. The number of benzene rings is 2. The van der Waals surface area contributed by atoms with Crippen molar-refractivity contribution in [2.24, 2.45) is 0 Å². The van der Waals surface area contributed by atoms with Crippen LogP contribution in [0.1, 0.15) is 12.8 Å². The normalized spacial score (nSPS) is 14.4. The standard InChI is InChI=1S/C22H26FN3O3/c23-18-6-4-7-19(16-18)24-21(27)17-25-11-13-26(14-12-25)22(28)10-5-15-29-20-8-2-1-3-9-20/h1-4,6-9,16H,5,10-15,17H2,(H,24,27). The summed E-state index contributed by atoms with van der Waals surface area (Å²) in [7, 11) is 0. The van der Waals surface area contributed by atoms with Crippen LogP contribution in [-0.4, -0.2) is 60.9 Å². The minimum atomic E-state index is -0.385. The topological polar surface area (TPSA) is 61.9 Å². The van der Waals surface area contributed by atoms with E-state index in [1.165, 1.54) is 12.1 Å². The second-order valence-electron chi connectivity index (χ2n) is 6.98. The molecule has 1 aliphatic heterocycles. The first-order chi connectivity index (χ1) is 14.1. The summed E-state index contributed by atoms with van der Waals surface area (Å²) in [5.74, 6) is 0.355. The zero-order valence-corrected chi connectivity index (χ0v) is 16.4. The van der Waals surface area contributed by atoms with Gasteiger partial charge in [0.25, 0.3) is 0 Å². The summed E-state index contributed by atoms with van der Waals surface area (Å²) < 4.78 is 18.8. The summed E-state index contributed by atoms with van der Waals surface area (Å²) in [6.07, 6.45) is 1.12. The quantitative estimate of drug-likeness (QED) is 0.694. The zero-order valence-electron chi connectivity index (χ0n) is 16.4. The number of nitrogens with one attached hydrogen (secondary N) is 1. The summed E-state index contributed by atoms with van der Waals surface area (Å²) in [4.78, 5) is 28.3. The van der Waals surface area contributed by atoms with Crippen molar-refractivity contribution in [2.45, 2.75) is 12.8 Å². The predicted molar refractivity (Wildman–Crippen MR) is 109 cm³/mol. The Bertz CT molecular complexity index is 808. The van der Waals surface area contributed by atoms with E-state index < -0.39 is 0 Å². The Labute approximate surface area is 170 Å². The molecule has 29 heavy (non-hydrogen) atoms. The van der Waals surface area contributed by atoms with E-state index in [4.69, 9.17) is 4.74 Å². The van der Waals surface area contributed by atoms with E-state index in [1.54, 1.807) is 12.1 Å². The number of anilines is 1. The summed E-state index contributed by atoms with van der Waals surface area (Å²) in [6, 6.07) is 15.4. The molecule has 0 bridgehead atoms. The van der Waals surface area contributed by atoms with Crippen molar-refractivity contribution < 1.29 is 18.7 Å². The molecule has 0 aromatic heterocycles. The maximum Gasteiger partial charge on any atom is 0.238 e. The van der Waals surface area contributed by atoms with Crippen molar-refractivity contribution in [3.63, 3.8) is 0 Å². The van der Waals surface area contributed by atoms with Gasteiger partial charge in [-0.1, -0.05) is 24.3 Å². The van der Waals surface area contributed by atoms with E-state index in [9.17, 15) is 14.0 Å². The molecule has 0 atom stereocenters. The number of carbonyl (C=O) groups excluding carboxylic acids is 2. The molecule has 6 nitrogen and oxygen atoms in total. The number of piperazine rings is 1. The highest BCUT2D eigenvalue weighted by Gasteiger charge is 2.22. The molecule has 1 aliphatic rings. The van der Waals surface area contributed by atoms with Crippen LogP contribution in [0.3, 0.4) is 0 Å². The minimum absolute atomic E-state index is 0.116. The number of hydrogen-bond acceptors (Lipinski definition) is 4. The van der Waals surface area contributed by atoms with Crippen LogP contribution in [0, 0.1) is 5.82 Å². The molecular formula is C22H26FN3O3. The van der Waals surface area contributed by atoms with Crippen molar-refractivity contribution in [1.82, 2.24) is 9.80 Å². The average Bonchev–Trinajstić information content (AvgIpc) is 2.72. The predicted octanol–water partition coefficient (Wildman–Crippen LogP) is 2.77. The molecule has 0 saturated carbocycles. The number of para-hydroxylation sites is 1. The molecule has 7 heteroatoms. The van der Waals surface area contributed by atoms with E-state index in [2.05, 4.69) is 5.32 Å². The molecule has 0 radical (unpaired) electrons. The highest BCUT2D eigenvalue weighted by Crippen LogP contribution is 2.11. The largest absolute Gasteiger partial charge is 0.494 e. The Hall–Kier alpha value is -2.93. The molecule has 2 aromatic rings. The number of hydrogen-bond donors (Lipinski definition) is 1. The average molecular weight is 399 g/mol. The van der Waals surface area contributed by atoms with Crippen molar-refractivity contribution in [3.8, 4) is 5.75 Å². The molecule has 154 valence electrons. The number of rotatable bonds is 8. The van der Waals surface area contributed by atoms with Crippen LogP contribution >= 0.6 is 0 Å². The number of nitrogens with zero attached hydrogens (tertiary/aromatic N) is 2. The Balaban J connectivity index is 1.32. The van der Waals surface area contributed by atoms with Gasteiger partial charge in [-0.3, -0.25) is 14.5 Å². The maximum absolute atomic E-state index is 13.2. The smallest absolute Gasteiger partial charge is 0.238 e. The van der Waals surface area contributed by atoms with Gasteiger partial charge in [-0.25, -0.2) is 4.39 Å². The van der Waals surface area contributed by atoms with Crippen LogP contribution in [0.4, 0.5) is 10.1 Å². The molecular weight excluding hydrogens is 373 g/mol. The van der Waals surface area contributed by atoms with Gasteiger partial charge in [0.15, 0.2) is 0 Å². The Morgan fingerprint density at radius 3 is 2.48 bits per heavy atom. The molecule has 3 rings (SSSR count). The van der Waals surface area contributed by atoms with Gasteiger partial charge in [0.1, 0.15) is 11.6 Å². The second-order valence-corrected chi connectivity index (χ2v) is 6.98. The van der Waals surface area contributed by atoms with Gasteiger partial charge >= 0.3 is 0 Å². The van der Waals surface area contributed by atoms with Crippen LogP contribution in [0.5, 0.6) is 5.75 Å². The van der Waals surface area contributed by atoms with E-state index in [0.29, 0.717) is 51.3 Å². The van der Waals surface area contributed by atoms with Gasteiger partial charge in [-0.05, 0) is 36.8 Å². The third-order valence-electron chi connectivity index (χ3n) is 4.75. The lowest BCUT2D eigenvalue weighted by molar-refractivity contribution is -0.133. The van der Waals surface area contributed by atoms with Crippen molar-refractivity contribution in [2.75, 3.05) is 44.6 Å². The van der Waals surface area contributed by atoms with Gasteiger partial charge < -0.3 is 15.0 Å². The fraction of sp³-hybridized carbons (Fsp3) is 0.364. The lowest BCUT2D eigenvalue weighted by atomic mass is 10.2. The van der Waals surface area contributed by atoms with Gasteiger partial charge in [-0.2, -0.15) is 0 Å². The monoisotopic (exact) mass is 399 g/mol. The van der Waals surface area contributed by atoms with Gasteiger partial charge in [0.2, 0.25) is 11.8 Å². The number of halogens is 1. The number of ether oxygens (including phenoxy) is 1. The minimum Gasteiger partial charge on any atom is -0.494 e.